The van der Waals surface area contributed by atoms with Crippen molar-refractivity contribution in [1.29, 1.82) is 0 Å². The first-order valence-electron chi connectivity index (χ1n) is 10.2. The molecule has 8 heteroatoms. The summed E-state index contributed by atoms with van der Waals surface area (Å²) in [6, 6.07) is 18.8. The molecule has 0 saturated heterocycles. The summed E-state index contributed by atoms with van der Waals surface area (Å²) in [5, 5.41) is 5.96. The fourth-order valence-electron chi connectivity index (χ4n) is 3.36. The number of nitrogens with one attached hydrogen (secondary N) is 1. The van der Waals surface area contributed by atoms with Gasteiger partial charge in [0, 0.05) is 11.8 Å². The molecule has 0 unspecified atom stereocenters. The molecule has 1 aromatic heterocycles. The number of anilines is 1. The average Bonchev–Trinajstić information content (AvgIpc) is 2.84. The van der Waals surface area contributed by atoms with Crippen molar-refractivity contribution in [2.45, 2.75) is 11.9 Å². The summed E-state index contributed by atoms with van der Waals surface area (Å²) in [5.74, 6) is -0.573. The zero-order chi connectivity index (χ0) is 23.2. The Kier molecular flexibility index (Phi) is 7.22. The van der Waals surface area contributed by atoms with E-state index in [1.54, 1.807) is 25.3 Å². The molecule has 0 radical (unpaired) electrons. The Bertz CT molecular complexity index is 1320. The topological polar surface area (TPSA) is 81.2 Å². The van der Waals surface area contributed by atoms with Gasteiger partial charge in [-0.2, -0.15) is 0 Å². The number of amides is 1. The second-order valence-electron chi connectivity index (χ2n) is 7.02. The van der Waals surface area contributed by atoms with E-state index in [1.165, 1.54) is 24.2 Å². The first-order valence-corrected chi connectivity index (χ1v) is 11.6. The van der Waals surface area contributed by atoms with E-state index in [0.717, 1.165) is 21.9 Å². The van der Waals surface area contributed by atoms with Gasteiger partial charge >= 0.3 is 5.97 Å². The number of carbonyl (C=O) groups excluding carboxylic acids is 2. The number of benzene rings is 3. The van der Waals surface area contributed by atoms with Crippen LogP contribution in [0.3, 0.4) is 0 Å². The summed E-state index contributed by atoms with van der Waals surface area (Å²) in [6.07, 6.45) is 3.24. The second kappa shape index (κ2) is 10.5. The molecule has 0 saturated carbocycles. The van der Waals surface area contributed by atoms with E-state index in [9.17, 15) is 9.59 Å². The van der Waals surface area contributed by atoms with Crippen LogP contribution in [0.2, 0.25) is 5.02 Å². The summed E-state index contributed by atoms with van der Waals surface area (Å²) in [6.45, 7) is 2.01. The molecule has 0 fully saturated rings. The molecule has 0 atom stereocenters. The molecule has 6 nitrogen and oxygen atoms in total. The molecule has 166 valence electrons. The molecule has 4 aromatic rings. The van der Waals surface area contributed by atoms with Gasteiger partial charge in [0.1, 0.15) is 11.4 Å². The molecule has 1 amide bonds. The maximum atomic E-state index is 12.6. The van der Waals surface area contributed by atoms with Crippen molar-refractivity contribution in [2.75, 3.05) is 17.7 Å². The second-order valence-corrected chi connectivity index (χ2v) is 8.39. The highest BCUT2D eigenvalue weighted by Gasteiger charge is 2.14. The SMILES string of the molecule is CCOC(=O)c1ccc(NC(=O)CSc2ncncc2-c2cccc3ccccc23)c(Cl)c1. The smallest absolute Gasteiger partial charge is 0.338 e. The van der Waals surface area contributed by atoms with Crippen LogP contribution < -0.4 is 5.32 Å². The lowest BCUT2D eigenvalue weighted by molar-refractivity contribution is -0.113. The maximum absolute atomic E-state index is 12.6. The predicted octanol–water partition coefficient (Wildman–Crippen LogP) is 5.86. The molecule has 33 heavy (non-hydrogen) atoms. The standard InChI is InChI=1S/C25H20ClN3O3S/c1-2-32-25(31)17-10-11-22(21(26)12-17)29-23(30)14-33-24-20(13-27-15-28-24)19-9-5-7-16-6-3-4-8-18(16)19/h3-13,15H,2,14H2,1H3,(H,29,30). The van der Waals surface area contributed by atoms with Crippen LogP contribution in [-0.2, 0) is 9.53 Å². The van der Waals surface area contributed by atoms with Crippen LogP contribution in [0.4, 0.5) is 5.69 Å². The molecular weight excluding hydrogens is 458 g/mol. The quantitative estimate of drug-likeness (QED) is 0.204. The van der Waals surface area contributed by atoms with Crippen LogP contribution >= 0.6 is 23.4 Å². The summed E-state index contributed by atoms with van der Waals surface area (Å²) < 4.78 is 4.97. The zero-order valence-electron chi connectivity index (χ0n) is 17.7. The normalized spacial score (nSPS) is 10.7. The van der Waals surface area contributed by atoms with Gasteiger partial charge < -0.3 is 10.1 Å². The number of hydrogen-bond acceptors (Lipinski definition) is 6. The van der Waals surface area contributed by atoms with Crippen molar-refractivity contribution in [1.82, 2.24) is 9.97 Å². The summed E-state index contributed by atoms with van der Waals surface area (Å²) in [5.41, 5.74) is 2.63. The van der Waals surface area contributed by atoms with E-state index in [-0.39, 0.29) is 23.3 Å². The number of halogens is 1. The molecule has 0 spiro atoms. The van der Waals surface area contributed by atoms with Gasteiger partial charge in [0.25, 0.3) is 0 Å². The molecule has 0 aliphatic heterocycles. The van der Waals surface area contributed by atoms with Gasteiger partial charge in [-0.1, -0.05) is 65.8 Å². The molecule has 1 heterocycles. The first-order chi connectivity index (χ1) is 16.1. The van der Waals surface area contributed by atoms with Gasteiger partial charge in [-0.3, -0.25) is 4.79 Å². The van der Waals surface area contributed by atoms with Crippen LogP contribution in [-0.4, -0.2) is 34.2 Å². The third-order valence-electron chi connectivity index (χ3n) is 4.85. The number of rotatable bonds is 7. The van der Waals surface area contributed by atoms with Gasteiger partial charge in [-0.15, -0.1) is 0 Å². The van der Waals surface area contributed by atoms with Gasteiger partial charge in [-0.05, 0) is 41.5 Å². The van der Waals surface area contributed by atoms with Gasteiger partial charge in [-0.25, -0.2) is 14.8 Å². The highest BCUT2D eigenvalue weighted by atomic mass is 35.5. The Hall–Kier alpha value is -3.42. The van der Waals surface area contributed by atoms with E-state index in [0.29, 0.717) is 16.3 Å². The van der Waals surface area contributed by atoms with Crippen molar-refractivity contribution in [3.8, 4) is 11.1 Å². The number of thioether (sulfide) groups is 1. The number of carbonyl (C=O) groups is 2. The van der Waals surface area contributed by atoms with E-state index >= 15 is 0 Å². The highest BCUT2D eigenvalue weighted by molar-refractivity contribution is 8.00. The van der Waals surface area contributed by atoms with Crippen LogP contribution in [0.25, 0.3) is 21.9 Å². The number of hydrogen-bond donors (Lipinski definition) is 1. The fourth-order valence-corrected chi connectivity index (χ4v) is 4.36. The fraction of sp³-hybridized carbons (Fsp3) is 0.120. The molecule has 0 bridgehead atoms. The minimum atomic E-state index is -0.461. The predicted molar refractivity (Wildman–Crippen MR) is 132 cm³/mol. The Morgan fingerprint density at radius 3 is 2.70 bits per heavy atom. The number of nitrogens with zero attached hydrogens (tertiary/aromatic N) is 2. The zero-order valence-corrected chi connectivity index (χ0v) is 19.3. The van der Waals surface area contributed by atoms with Crippen molar-refractivity contribution < 1.29 is 14.3 Å². The van der Waals surface area contributed by atoms with Crippen LogP contribution in [0.5, 0.6) is 0 Å². The number of aromatic nitrogens is 2. The lowest BCUT2D eigenvalue weighted by atomic mass is 10.0. The molecular formula is C25H20ClN3O3S. The Morgan fingerprint density at radius 1 is 1.06 bits per heavy atom. The average molecular weight is 478 g/mol. The van der Waals surface area contributed by atoms with Gasteiger partial charge in [0.05, 0.1) is 28.6 Å². The number of esters is 1. The van der Waals surface area contributed by atoms with Crippen molar-refractivity contribution in [2.24, 2.45) is 0 Å². The van der Waals surface area contributed by atoms with E-state index in [1.807, 2.05) is 24.3 Å². The Balaban J connectivity index is 1.48. The summed E-state index contributed by atoms with van der Waals surface area (Å²) in [4.78, 5) is 33.0. The molecule has 4 rings (SSSR count). The van der Waals surface area contributed by atoms with Gasteiger partial charge in [0.2, 0.25) is 5.91 Å². The van der Waals surface area contributed by atoms with Gasteiger partial charge in [0.15, 0.2) is 0 Å². The van der Waals surface area contributed by atoms with Crippen molar-refractivity contribution in [3.05, 3.63) is 83.8 Å². The van der Waals surface area contributed by atoms with E-state index in [2.05, 4.69) is 33.5 Å². The molecule has 0 aliphatic carbocycles. The summed E-state index contributed by atoms with van der Waals surface area (Å²) in [7, 11) is 0. The van der Waals surface area contributed by atoms with E-state index < -0.39 is 5.97 Å². The molecule has 1 N–H and O–H groups in total. The van der Waals surface area contributed by atoms with Crippen LogP contribution in [0.1, 0.15) is 17.3 Å². The highest BCUT2D eigenvalue weighted by Crippen LogP contribution is 2.34. The molecule has 0 aliphatic rings. The Labute approximate surface area is 200 Å². The van der Waals surface area contributed by atoms with Crippen LogP contribution in [0, 0.1) is 0 Å². The summed E-state index contributed by atoms with van der Waals surface area (Å²) >= 11 is 7.56. The molecule has 3 aromatic carbocycles. The largest absolute Gasteiger partial charge is 0.462 e. The lowest BCUT2D eigenvalue weighted by Crippen LogP contribution is -2.15. The number of fused-ring (bicyclic) bond motifs is 1. The lowest BCUT2D eigenvalue weighted by Gasteiger charge is -2.11. The van der Waals surface area contributed by atoms with Crippen LogP contribution in [0.15, 0.2) is 78.2 Å². The van der Waals surface area contributed by atoms with Crippen molar-refractivity contribution in [3.63, 3.8) is 0 Å². The maximum Gasteiger partial charge on any atom is 0.338 e. The van der Waals surface area contributed by atoms with E-state index in [4.69, 9.17) is 16.3 Å². The minimum Gasteiger partial charge on any atom is -0.462 e. The van der Waals surface area contributed by atoms with Crippen molar-refractivity contribution >= 4 is 51.7 Å². The third-order valence-corrected chi connectivity index (χ3v) is 6.17. The minimum absolute atomic E-state index is 0.130. The third kappa shape index (κ3) is 5.32. The monoisotopic (exact) mass is 477 g/mol. The first kappa shape index (κ1) is 22.8. The Morgan fingerprint density at radius 2 is 1.88 bits per heavy atom. The number of ether oxygens (including phenoxy) is 1.